The van der Waals surface area contributed by atoms with Gasteiger partial charge in [0.2, 0.25) is 0 Å². The number of allylic oxidation sites excluding steroid dienone is 6. The first kappa shape index (κ1) is 16.7. The van der Waals surface area contributed by atoms with E-state index >= 15 is 0 Å². The van der Waals surface area contributed by atoms with Crippen molar-refractivity contribution < 1.29 is 0 Å². The molecule has 3 atom stereocenters. The van der Waals surface area contributed by atoms with E-state index in [9.17, 15) is 0 Å². The zero-order valence-corrected chi connectivity index (χ0v) is 14.4. The van der Waals surface area contributed by atoms with Crippen LogP contribution >= 0.6 is 0 Å². The van der Waals surface area contributed by atoms with Gasteiger partial charge in [-0.15, -0.1) is 0 Å². The maximum Gasteiger partial charge on any atom is 0.0236 e. The molecule has 0 amide bonds. The molecule has 23 heavy (non-hydrogen) atoms. The fraction of sp³-hybridized carbons (Fsp3) is 0.684. The summed E-state index contributed by atoms with van der Waals surface area (Å²) in [6, 6.07) is 1.29. The van der Waals surface area contributed by atoms with Crippen LogP contribution in [-0.2, 0) is 0 Å². The predicted octanol–water partition coefficient (Wildman–Crippen LogP) is 1.69. The van der Waals surface area contributed by atoms with Crippen molar-refractivity contribution in [2.75, 3.05) is 33.2 Å². The number of nitrogens with one attached hydrogen (secondary N) is 4. The molecule has 3 rings (SSSR count). The quantitative estimate of drug-likeness (QED) is 0.602. The van der Waals surface area contributed by atoms with Crippen molar-refractivity contribution in [3.8, 4) is 0 Å². The second-order valence-corrected chi connectivity index (χ2v) is 7.05. The van der Waals surface area contributed by atoms with Crippen LogP contribution in [0.4, 0.5) is 0 Å². The van der Waals surface area contributed by atoms with E-state index in [1.807, 2.05) is 7.05 Å². The van der Waals surface area contributed by atoms with Crippen LogP contribution < -0.4 is 21.3 Å². The molecule has 0 bridgehead atoms. The summed E-state index contributed by atoms with van der Waals surface area (Å²) in [6.45, 7) is 4.56. The lowest BCUT2D eigenvalue weighted by Crippen LogP contribution is -2.43. The van der Waals surface area contributed by atoms with Gasteiger partial charge in [0.05, 0.1) is 0 Å². The summed E-state index contributed by atoms with van der Waals surface area (Å²) in [5, 5.41) is 14.2. The molecule has 0 spiro atoms. The molecule has 0 aromatic carbocycles. The molecule has 0 aromatic rings. The van der Waals surface area contributed by atoms with Gasteiger partial charge in [-0.1, -0.05) is 23.8 Å². The summed E-state index contributed by atoms with van der Waals surface area (Å²) < 4.78 is 0. The third kappa shape index (κ3) is 4.93. The first-order valence-electron chi connectivity index (χ1n) is 9.26. The summed E-state index contributed by atoms with van der Waals surface area (Å²) in [7, 11) is 2.01. The maximum atomic E-state index is 3.81. The van der Waals surface area contributed by atoms with Gasteiger partial charge in [0, 0.05) is 37.9 Å². The third-order valence-corrected chi connectivity index (χ3v) is 5.38. The Morgan fingerprint density at radius 3 is 3.09 bits per heavy atom. The molecule has 2 heterocycles. The van der Waals surface area contributed by atoms with Crippen molar-refractivity contribution in [3.05, 3.63) is 35.6 Å². The SMILES string of the molecule is CNC1=CC=CC(C[C@@H]2CNC[C@@H]2NCC2CCCN2)=CCC1. The highest BCUT2D eigenvalue weighted by Gasteiger charge is 2.28. The van der Waals surface area contributed by atoms with Crippen molar-refractivity contribution in [1.82, 2.24) is 21.3 Å². The van der Waals surface area contributed by atoms with Crippen molar-refractivity contribution >= 4 is 0 Å². The van der Waals surface area contributed by atoms with Crippen molar-refractivity contribution in [2.45, 2.75) is 44.2 Å². The Bertz CT molecular complexity index is 460. The smallest absolute Gasteiger partial charge is 0.0236 e. The standard InChI is InChI=1S/C19H32N4/c1-20-17-7-2-5-15(6-3-8-17)11-16-12-21-14-19(16)23-13-18-9-4-10-22-18/h2,5-7,16,18-23H,3-4,8-14H2,1H3/t16-,18?,19+/m1/s1. The zero-order chi connectivity index (χ0) is 15.9. The number of hydrogen-bond acceptors (Lipinski definition) is 4. The zero-order valence-electron chi connectivity index (χ0n) is 14.4. The van der Waals surface area contributed by atoms with Crippen molar-refractivity contribution in [3.63, 3.8) is 0 Å². The Labute approximate surface area is 140 Å². The molecule has 0 saturated carbocycles. The molecule has 2 aliphatic heterocycles. The van der Waals surface area contributed by atoms with Crippen LogP contribution in [0.15, 0.2) is 35.6 Å². The van der Waals surface area contributed by atoms with Gasteiger partial charge in [-0.05, 0) is 57.2 Å². The molecule has 3 aliphatic rings. The molecule has 2 fully saturated rings. The van der Waals surface area contributed by atoms with Crippen LogP contribution in [0.1, 0.15) is 32.1 Å². The molecule has 1 unspecified atom stereocenters. The molecule has 2 saturated heterocycles. The van der Waals surface area contributed by atoms with Crippen molar-refractivity contribution in [2.24, 2.45) is 5.92 Å². The normalized spacial score (nSPS) is 31.4. The highest BCUT2D eigenvalue weighted by atomic mass is 15.1. The predicted molar refractivity (Wildman–Crippen MR) is 97.4 cm³/mol. The first-order chi connectivity index (χ1) is 11.3. The lowest BCUT2D eigenvalue weighted by atomic mass is 9.92. The highest BCUT2D eigenvalue weighted by Crippen LogP contribution is 2.22. The lowest BCUT2D eigenvalue weighted by Gasteiger charge is -2.23. The van der Waals surface area contributed by atoms with E-state index in [4.69, 9.17) is 0 Å². The molecule has 0 aromatic heterocycles. The van der Waals surface area contributed by atoms with Gasteiger partial charge in [0.25, 0.3) is 0 Å². The average Bonchev–Trinajstić information content (AvgIpc) is 3.19. The number of hydrogen-bond donors (Lipinski definition) is 4. The summed E-state index contributed by atoms with van der Waals surface area (Å²) >= 11 is 0. The minimum absolute atomic E-state index is 0.612. The minimum Gasteiger partial charge on any atom is -0.391 e. The van der Waals surface area contributed by atoms with E-state index in [1.54, 1.807) is 0 Å². The molecule has 128 valence electrons. The lowest BCUT2D eigenvalue weighted by molar-refractivity contribution is 0.401. The van der Waals surface area contributed by atoms with Crippen molar-refractivity contribution in [1.29, 1.82) is 0 Å². The molecular weight excluding hydrogens is 284 g/mol. The van der Waals surface area contributed by atoms with E-state index in [2.05, 4.69) is 45.6 Å². The van der Waals surface area contributed by atoms with Gasteiger partial charge in [-0.3, -0.25) is 0 Å². The van der Waals surface area contributed by atoms with Gasteiger partial charge in [0.15, 0.2) is 0 Å². The maximum absolute atomic E-state index is 3.81. The van der Waals surface area contributed by atoms with Crippen LogP contribution in [-0.4, -0.2) is 45.3 Å². The minimum atomic E-state index is 0.612. The Balaban J connectivity index is 1.50. The van der Waals surface area contributed by atoms with Crippen LogP contribution in [0.2, 0.25) is 0 Å². The Hall–Kier alpha value is -1.10. The van der Waals surface area contributed by atoms with E-state index < -0.39 is 0 Å². The van der Waals surface area contributed by atoms with E-state index in [-0.39, 0.29) is 0 Å². The van der Waals surface area contributed by atoms with E-state index in [0.717, 1.165) is 32.5 Å². The molecule has 4 heteroatoms. The molecule has 4 N–H and O–H groups in total. The van der Waals surface area contributed by atoms with Crippen LogP contribution in [0.3, 0.4) is 0 Å². The van der Waals surface area contributed by atoms with Gasteiger partial charge >= 0.3 is 0 Å². The van der Waals surface area contributed by atoms with Gasteiger partial charge in [0.1, 0.15) is 0 Å². The fourth-order valence-electron chi connectivity index (χ4n) is 3.93. The van der Waals surface area contributed by atoms with Gasteiger partial charge < -0.3 is 21.3 Å². The van der Waals surface area contributed by atoms with Gasteiger partial charge in [-0.25, -0.2) is 0 Å². The average molecular weight is 316 g/mol. The summed E-state index contributed by atoms with van der Waals surface area (Å²) in [5.41, 5.74) is 2.82. The van der Waals surface area contributed by atoms with Crippen LogP contribution in [0.5, 0.6) is 0 Å². The Kier molecular flexibility index (Phi) is 6.31. The molecule has 0 radical (unpaired) electrons. The van der Waals surface area contributed by atoms with Crippen LogP contribution in [0, 0.1) is 5.92 Å². The largest absolute Gasteiger partial charge is 0.391 e. The Morgan fingerprint density at radius 1 is 1.30 bits per heavy atom. The van der Waals surface area contributed by atoms with Crippen LogP contribution in [0.25, 0.3) is 0 Å². The second kappa shape index (κ2) is 8.67. The molecule has 4 nitrogen and oxygen atoms in total. The van der Waals surface area contributed by atoms with E-state index in [0.29, 0.717) is 18.0 Å². The summed E-state index contributed by atoms with van der Waals surface area (Å²) in [6.07, 6.45) is 15.2. The summed E-state index contributed by atoms with van der Waals surface area (Å²) in [4.78, 5) is 0. The number of rotatable bonds is 6. The monoisotopic (exact) mass is 316 g/mol. The first-order valence-corrected chi connectivity index (χ1v) is 9.26. The molecular formula is C19H32N4. The van der Waals surface area contributed by atoms with E-state index in [1.165, 1.54) is 37.1 Å². The van der Waals surface area contributed by atoms with Gasteiger partial charge in [-0.2, -0.15) is 0 Å². The Morgan fingerprint density at radius 2 is 2.26 bits per heavy atom. The summed E-state index contributed by atoms with van der Waals surface area (Å²) in [5.74, 6) is 0.708. The second-order valence-electron chi connectivity index (χ2n) is 7.05. The molecule has 1 aliphatic carbocycles. The third-order valence-electron chi connectivity index (χ3n) is 5.38. The highest BCUT2D eigenvalue weighted by molar-refractivity contribution is 5.27. The fourth-order valence-corrected chi connectivity index (χ4v) is 3.93. The topological polar surface area (TPSA) is 48.1 Å².